The van der Waals surface area contributed by atoms with Gasteiger partial charge in [-0.3, -0.25) is 9.88 Å². The molecular formula is C20H26N2O2. The lowest BCUT2D eigenvalue weighted by atomic mass is 9.99. The molecule has 0 saturated carbocycles. The van der Waals surface area contributed by atoms with Gasteiger partial charge < -0.3 is 4.74 Å². The van der Waals surface area contributed by atoms with Crippen molar-refractivity contribution in [2.24, 2.45) is 0 Å². The SMILES string of the molecule is Cc1ccccc1C(C(=O)OC(C)(C)C)N(C)Cc1ccccn1. The van der Waals surface area contributed by atoms with Gasteiger partial charge in [0.15, 0.2) is 0 Å². The minimum atomic E-state index is -0.524. The van der Waals surface area contributed by atoms with Crippen molar-refractivity contribution in [2.45, 2.75) is 45.9 Å². The van der Waals surface area contributed by atoms with Crippen molar-refractivity contribution in [3.63, 3.8) is 0 Å². The van der Waals surface area contributed by atoms with E-state index in [-0.39, 0.29) is 5.97 Å². The second-order valence-corrected chi connectivity index (χ2v) is 7.03. The van der Waals surface area contributed by atoms with E-state index in [1.807, 2.05) is 82.1 Å². The molecule has 1 aromatic carbocycles. The van der Waals surface area contributed by atoms with Crippen LogP contribution in [-0.2, 0) is 16.1 Å². The lowest BCUT2D eigenvalue weighted by molar-refractivity contribution is -0.161. The molecule has 0 saturated heterocycles. The zero-order valence-corrected chi connectivity index (χ0v) is 15.1. The van der Waals surface area contributed by atoms with Gasteiger partial charge in [0.2, 0.25) is 0 Å². The fourth-order valence-corrected chi connectivity index (χ4v) is 2.63. The number of esters is 1. The number of hydrogen-bond donors (Lipinski definition) is 0. The van der Waals surface area contributed by atoms with Crippen molar-refractivity contribution in [2.75, 3.05) is 7.05 Å². The maximum absolute atomic E-state index is 12.9. The third-order valence-corrected chi connectivity index (χ3v) is 3.69. The first kappa shape index (κ1) is 18.1. The van der Waals surface area contributed by atoms with Crippen molar-refractivity contribution in [1.29, 1.82) is 0 Å². The molecule has 0 radical (unpaired) electrons. The Bertz CT molecular complexity index is 678. The lowest BCUT2D eigenvalue weighted by Crippen LogP contribution is -2.36. The summed E-state index contributed by atoms with van der Waals surface area (Å²) in [6, 6.07) is 13.3. The number of aryl methyl sites for hydroxylation is 1. The largest absolute Gasteiger partial charge is 0.459 e. The van der Waals surface area contributed by atoms with Gasteiger partial charge in [-0.1, -0.05) is 30.3 Å². The molecule has 128 valence electrons. The van der Waals surface area contributed by atoms with Gasteiger partial charge in [0.05, 0.1) is 5.69 Å². The van der Waals surface area contributed by atoms with E-state index in [1.165, 1.54) is 0 Å². The van der Waals surface area contributed by atoms with E-state index < -0.39 is 11.6 Å². The summed E-state index contributed by atoms with van der Waals surface area (Å²) >= 11 is 0. The highest BCUT2D eigenvalue weighted by atomic mass is 16.6. The zero-order valence-electron chi connectivity index (χ0n) is 15.1. The molecule has 0 N–H and O–H groups in total. The number of rotatable bonds is 5. The molecule has 4 nitrogen and oxygen atoms in total. The number of benzene rings is 1. The Morgan fingerprint density at radius 3 is 2.42 bits per heavy atom. The number of pyridine rings is 1. The predicted octanol–water partition coefficient (Wildman–Crippen LogP) is 3.90. The molecule has 0 aliphatic rings. The Hall–Kier alpha value is -2.20. The van der Waals surface area contributed by atoms with Crippen molar-refractivity contribution >= 4 is 5.97 Å². The summed E-state index contributed by atoms with van der Waals surface area (Å²) in [6.45, 7) is 8.25. The van der Waals surface area contributed by atoms with Crippen molar-refractivity contribution in [3.8, 4) is 0 Å². The maximum atomic E-state index is 12.9. The number of likely N-dealkylation sites (N-methyl/N-ethyl adjacent to an activating group) is 1. The second-order valence-electron chi connectivity index (χ2n) is 7.03. The summed E-state index contributed by atoms with van der Waals surface area (Å²) in [6.07, 6.45) is 1.76. The molecule has 1 unspecified atom stereocenters. The summed E-state index contributed by atoms with van der Waals surface area (Å²) in [5, 5.41) is 0. The third kappa shape index (κ3) is 4.90. The summed E-state index contributed by atoms with van der Waals surface area (Å²) in [4.78, 5) is 19.2. The number of ether oxygens (including phenoxy) is 1. The van der Waals surface area contributed by atoms with E-state index in [0.717, 1.165) is 16.8 Å². The zero-order chi connectivity index (χ0) is 17.7. The van der Waals surface area contributed by atoms with Gasteiger partial charge in [-0.15, -0.1) is 0 Å². The van der Waals surface area contributed by atoms with Crippen LogP contribution < -0.4 is 0 Å². The first-order valence-electron chi connectivity index (χ1n) is 8.16. The van der Waals surface area contributed by atoms with Crippen molar-refractivity contribution < 1.29 is 9.53 Å². The number of nitrogens with zero attached hydrogens (tertiary/aromatic N) is 2. The molecule has 1 atom stereocenters. The number of hydrogen-bond acceptors (Lipinski definition) is 4. The molecule has 0 amide bonds. The van der Waals surface area contributed by atoms with Gasteiger partial charge in [-0.05, 0) is 58.0 Å². The summed E-state index contributed by atoms with van der Waals surface area (Å²) in [5.74, 6) is -0.241. The van der Waals surface area contributed by atoms with E-state index >= 15 is 0 Å². The van der Waals surface area contributed by atoms with Crippen LogP contribution in [0.4, 0.5) is 0 Å². The van der Waals surface area contributed by atoms with Crippen LogP contribution in [0.1, 0.15) is 43.6 Å². The highest BCUT2D eigenvalue weighted by molar-refractivity contribution is 5.78. The average Bonchev–Trinajstić information content (AvgIpc) is 2.48. The smallest absolute Gasteiger partial charge is 0.328 e. The van der Waals surface area contributed by atoms with Gasteiger partial charge in [-0.25, -0.2) is 4.79 Å². The fourth-order valence-electron chi connectivity index (χ4n) is 2.63. The molecule has 24 heavy (non-hydrogen) atoms. The van der Waals surface area contributed by atoms with Crippen LogP contribution in [0.5, 0.6) is 0 Å². The summed E-state index contributed by atoms with van der Waals surface area (Å²) in [7, 11) is 1.93. The van der Waals surface area contributed by atoms with Crippen LogP contribution >= 0.6 is 0 Å². The highest BCUT2D eigenvalue weighted by Crippen LogP contribution is 2.27. The molecule has 0 fully saturated rings. The van der Waals surface area contributed by atoms with Crippen LogP contribution in [0.2, 0.25) is 0 Å². The van der Waals surface area contributed by atoms with Gasteiger partial charge in [-0.2, -0.15) is 0 Å². The van der Waals surface area contributed by atoms with Gasteiger partial charge >= 0.3 is 5.97 Å². The Morgan fingerprint density at radius 2 is 1.83 bits per heavy atom. The van der Waals surface area contributed by atoms with Gasteiger partial charge in [0.1, 0.15) is 11.6 Å². The van der Waals surface area contributed by atoms with Gasteiger partial charge in [0, 0.05) is 12.7 Å². The third-order valence-electron chi connectivity index (χ3n) is 3.69. The normalized spacial score (nSPS) is 12.9. The van der Waals surface area contributed by atoms with E-state index in [0.29, 0.717) is 6.54 Å². The van der Waals surface area contributed by atoms with Gasteiger partial charge in [0.25, 0.3) is 0 Å². The first-order valence-corrected chi connectivity index (χ1v) is 8.16. The molecule has 0 aliphatic carbocycles. The Kier molecular flexibility index (Phi) is 5.73. The molecule has 0 aliphatic heterocycles. The van der Waals surface area contributed by atoms with E-state index in [9.17, 15) is 4.79 Å². The van der Waals surface area contributed by atoms with Crippen LogP contribution in [0.15, 0.2) is 48.7 Å². The molecule has 0 bridgehead atoms. The number of carbonyl (C=O) groups is 1. The van der Waals surface area contributed by atoms with Crippen LogP contribution in [-0.4, -0.2) is 28.5 Å². The monoisotopic (exact) mass is 326 g/mol. The molecule has 2 aromatic rings. The summed E-state index contributed by atoms with van der Waals surface area (Å²) < 4.78 is 5.67. The number of carbonyl (C=O) groups excluding carboxylic acids is 1. The quantitative estimate of drug-likeness (QED) is 0.782. The van der Waals surface area contributed by atoms with Crippen LogP contribution in [0.25, 0.3) is 0 Å². The standard InChI is InChI=1S/C20H26N2O2/c1-15-10-6-7-12-17(15)18(19(23)24-20(2,3)4)22(5)14-16-11-8-9-13-21-16/h6-13,18H,14H2,1-5H3. The summed E-state index contributed by atoms with van der Waals surface area (Å²) in [5.41, 5.74) is 2.43. The van der Waals surface area contributed by atoms with Crippen LogP contribution in [0.3, 0.4) is 0 Å². The Labute approximate surface area is 144 Å². The average molecular weight is 326 g/mol. The molecule has 4 heteroatoms. The highest BCUT2D eigenvalue weighted by Gasteiger charge is 2.31. The number of aromatic nitrogens is 1. The topological polar surface area (TPSA) is 42.4 Å². The maximum Gasteiger partial charge on any atom is 0.328 e. The minimum absolute atomic E-state index is 0.241. The minimum Gasteiger partial charge on any atom is -0.459 e. The van der Waals surface area contributed by atoms with E-state index in [1.54, 1.807) is 6.20 Å². The first-order chi connectivity index (χ1) is 11.3. The van der Waals surface area contributed by atoms with Crippen molar-refractivity contribution in [1.82, 2.24) is 9.88 Å². The molecule has 1 heterocycles. The molecule has 0 spiro atoms. The van der Waals surface area contributed by atoms with E-state index in [2.05, 4.69) is 4.98 Å². The Morgan fingerprint density at radius 1 is 1.17 bits per heavy atom. The van der Waals surface area contributed by atoms with E-state index in [4.69, 9.17) is 4.74 Å². The lowest BCUT2D eigenvalue weighted by Gasteiger charge is -2.30. The van der Waals surface area contributed by atoms with Crippen molar-refractivity contribution in [3.05, 3.63) is 65.5 Å². The van der Waals surface area contributed by atoms with Crippen LogP contribution in [0, 0.1) is 6.92 Å². The molecule has 2 rings (SSSR count). The molecular weight excluding hydrogens is 300 g/mol. The predicted molar refractivity (Wildman–Crippen MR) is 95.5 cm³/mol. The molecule has 1 aromatic heterocycles. The Balaban J connectivity index is 2.32. The second kappa shape index (κ2) is 7.58. The fraction of sp³-hybridized carbons (Fsp3) is 0.400.